The maximum atomic E-state index is 13.5. The number of methoxy groups -OCH3 is 1. The quantitative estimate of drug-likeness (QED) is 0.666. The molecule has 2 aromatic rings. The number of benzene rings is 2. The Morgan fingerprint density at radius 3 is 2.54 bits per heavy atom. The van der Waals surface area contributed by atoms with Gasteiger partial charge in [0.15, 0.2) is 0 Å². The second-order valence-electron chi connectivity index (χ2n) is 9.32. The van der Waals surface area contributed by atoms with Crippen LogP contribution in [-0.2, 0) is 14.3 Å². The highest BCUT2D eigenvalue weighted by atomic mass is 16.5. The summed E-state index contributed by atoms with van der Waals surface area (Å²) < 4.78 is 4.85. The SMILES string of the molecule is COC(=O)c1ccc(N2CCCC2)c(NC(=O)CN2C(=O)c3ccccc3N3C(=O)CCC23C)c1. The van der Waals surface area contributed by atoms with E-state index in [4.69, 9.17) is 4.74 Å². The number of hydrogen-bond acceptors (Lipinski definition) is 6. The van der Waals surface area contributed by atoms with E-state index in [0.29, 0.717) is 35.3 Å². The first-order valence-corrected chi connectivity index (χ1v) is 11.8. The van der Waals surface area contributed by atoms with Gasteiger partial charge in [-0.15, -0.1) is 0 Å². The highest BCUT2D eigenvalue weighted by Gasteiger charge is 2.53. The Labute approximate surface area is 203 Å². The Morgan fingerprint density at radius 1 is 1.06 bits per heavy atom. The van der Waals surface area contributed by atoms with Crippen LogP contribution in [0.5, 0.6) is 0 Å². The van der Waals surface area contributed by atoms with Gasteiger partial charge >= 0.3 is 5.97 Å². The van der Waals surface area contributed by atoms with Crippen molar-refractivity contribution in [3.05, 3.63) is 53.6 Å². The molecule has 182 valence electrons. The van der Waals surface area contributed by atoms with Crippen LogP contribution in [0.4, 0.5) is 17.1 Å². The van der Waals surface area contributed by atoms with Crippen LogP contribution in [0.3, 0.4) is 0 Å². The van der Waals surface area contributed by atoms with Gasteiger partial charge in [-0.25, -0.2) is 4.79 Å². The van der Waals surface area contributed by atoms with Crippen molar-refractivity contribution in [2.75, 3.05) is 41.9 Å². The maximum absolute atomic E-state index is 13.5. The van der Waals surface area contributed by atoms with Crippen LogP contribution in [0.15, 0.2) is 42.5 Å². The zero-order valence-corrected chi connectivity index (χ0v) is 19.9. The van der Waals surface area contributed by atoms with E-state index in [0.717, 1.165) is 31.6 Å². The lowest BCUT2D eigenvalue weighted by atomic mass is 9.98. The van der Waals surface area contributed by atoms with Crippen LogP contribution < -0.4 is 15.1 Å². The Bertz CT molecular complexity index is 1220. The fourth-order valence-corrected chi connectivity index (χ4v) is 5.39. The molecule has 3 amide bonds. The molecular formula is C26H28N4O5. The van der Waals surface area contributed by atoms with Crippen molar-refractivity contribution < 1.29 is 23.9 Å². The summed E-state index contributed by atoms with van der Waals surface area (Å²) in [5.74, 6) is -1.25. The van der Waals surface area contributed by atoms with Crippen molar-refractivity contribution in [1.29, 1.82) is 0 Å². The highest BCUT2D eigenvalue weighted by Crippen LogP contribution is 2.44. The molecule has 0 aromatic heterocycles. The van der Waals surface area contributed by atoms with Gasteiger partial charge in [-0.05, 0) is 56.5 Å². The normalized spacial score (nSPS) is 21.1. The molecule has 1 atom stereocenters. The van der Waals surface area contributed by atoms with Crippen LogP contribution in [-0.4, -0.2) is 61.0 Å². The first kappa shape index (κ1) is 22.9. The van der Waals surface area contributed by atoms with Gasteiger partial charge in [0.2, 0.25) is 11.8 Å². The van der Waals surface area contributed by atoms with Gasteiger partial charge in [-0.3, -0.25) is 19.3 Å². The van der Waals surface area contributed by atoms with E-state index in [1.807, 2.05) is 13.0 Å². The third-order valence-electron chi connectivity index (χ3n) is 7.19. The summed E-state index contributed by atoms with van der Waals surface area (Å²) in [6.07, 6.45) is 2.85. The van der Waals surface area contributed by atoms with Gasteiger partial charge in [0.25, 0.3) is 5.91 Å². The number of para-hydroxylation sites is 1. The standard InChI is InChI=1S/C26H28N4O5/c1-26-12-11-23(32)30(26)20-8-4-3-7-18(20)24(33)29(26)16-22(31)27-19-15-17(25(34)35-2)9-10-21(19)28-13-5-6-14-28/h3-4,7-10,15H,5-6,11-14,16H2,1-2H3,(H,27,31). The van der Waals surface area contributed by atoms with Crippen molar-refractivity contribution in [3.63, 3.8) is 0 Å². The summed E-state index contributed by atoms with van der Waals surface area (Å²) in [5, 5.41) is 2.92. The second-order valence-corrected chi connectivity index (χ2v) is 9.32. The zero-order valence-electron chi connectivity index (χ0n) is 19.9. The molecule has 0 radical (unpaired) electrons. The molecule has 0 bridgehead atoms. The molecule has 2 fully saturated rings. The largest absolute Gasteiger partial charge is 0.465 e. The van der Waals surface area contributed by atoms with Crippen molar-refractivity contribution in [2.45, 2.75) is 38.3 Å². The topological polar surface area (TPSA) is 99.3 Å². The lowest BCUT2D eigenvalue weighted by Crippen LogP contribution is -2.63. The molecule has 5 rings (SSSR count). The summed E-state index contributed by atoms with van der Waals surface area (Å²) in [4.78, 5) is 57.0. The van der Waals surface area contributed by atoms with Gasteiger partial charge in [-0.2, -0.15) is 0 Å². The van der Waals surface area contributed by atoms with Crippen molar-refractivity contribution in [2.24, 2.45) is 0 Å². The van der Waals surface area contributed by atoms with E-state index in [1.165, 1.54) is 12.0 Å². The van der Waals surface area contributed by atoms with E-state index in [2.05, 4.69) is 10.2 Å². The van der Waals surface area contributed by atoms with Gasteiger partial charge < -0.3 is 19.9 Å². The van der Waals surface area contributed by atoms with E-state index in [-0.39, 0.29) is 18.4 Å². The summed E-state index contributed by atoms with van der Waals surface area (Å²) in [7, 11) is 1.31. The predicted octanol–water partition coefficient (Wildman–Crippen LogP) is 3.01. The minimum Gasteiger partial charge on any atom is -0.465 e. The van der Waals surface area contributed by atoms with Crippen LogP contribution in [0.2, 0.25) is 0 Å². The van der Waals surface area contributed by atoms with Crippen molar-refractivity contribution >= 4 is 40.8 Å². The fourth-order valence-electron chi connectivity index (χ4n) is 5.39. The summed E-state index contributed by atoms with van der Waals surface area (Å²) in [5.41, 5.74) is 1.70. The summed E-state index contributed by atoms with van der Waals surface area (Å²) >= 11 is 0. The molecule has 3 aliphatic heterocycles. The minimum atomic E-state index is -0.925. The number of carbonyl (C=O) groups excluding carboxylic acids is 4. The Hall–Kier alpha value is -3.88. The molecule has 9 heteroatoms. The lowest BCUT2D eigenvalue weighted by molar-refractivity contribution is -0.120. The van der Waals surface area contributed by atoms with Gasteiger partial charge in [-0.1, -0.05) is 12.1 Å². The monoisotopic (exact) mass is 476 g/mol. The molecule has 1 N–H and O–H groups in total. The van der Waals surface area contributed by atoms with Gasteiger partial charge in [0.1, 0.15) is 12.2 Å². The number of nitrogens with one attached hydrogen (secondary N) is 1. The fraction of sp³-hybridized carbons (Fsp3) is 0.385. The van der Waals surface area contributed by atoms with Crippen molar-refractivity contribution in [3.8, 4) is 0 Å². The van der Waals surface area contributed by atoms with E-state index < -0.39 is 17.5 Å². The minimum absolute atomic E-state index is 0.0695. The maximum Gasteiger partial charge on any atom is 0.337 e. The molecule has 0 saturated carbocycles. The predicted molar refractivity (Wildman–Crippen MR) is 130 cm³/mol. The molecule has 2 aromatic carbocycles. The van der Waals surface area contributed by atoms with E-state index in [9.17, 15) is 19.2 Å². The first-order chi connectivity index (χ1) is 16.8. The van der Waals surface area contributed by atoms with Crippen LogP contribution >= 0.6 is 0 Å². The Kier molecular flexibility index (Phi) is 5.70. The average molecular weight is 477 g/mol. The smallest absolute Gasteiger partial charge is 0.337 e. The number of hydrogen-bond donors (Lipinski definition) is 1. The number of ether oxygens (including phenoxy) is 1. The molecule has 35 heavy (non-hydrogen) atoms. The number of rotatable bonds is 5. The third kappa shape index (κ3) is 3.80. The molecule has 0 spiro atoms. The lowest BCUT2D eigenvalue weighted by Gasteiger charge is -2.48. The Morgan fingerprint density at radius 2 is 1.80 bits per heavy atom. The number of amides is 3. The summed E-state index contributed by atoms with van der Waals surface area (Å²) in [6, 6.07) is 12.1. The molecule has 1 unspecified atom stereocenters. The van der Waals surface area contributed by atoms with Gasteiger partial charge in [0.05, 0.1) is 35.3 Å². The number of esters is 1. The van der Waals surface area contributed by atoms with Crippen molar-refractivity contribution in [1.82, 2.24) is 4.90 Å². The number of anilines is 3. The molecule has 9 nitrogen and oxygen atoms in total. The summed E-state index contributed by atoms with van der Waals surface area (Å²) in [6.45, 7) is 3.32. The van der Waals surface area contributed by atoms with Crippen LogP contribution in [0, 0.1) is 0 Å². The molecule has 3 heterocycles. The molecule has 2 saturated heterocycles. The zero-order chi connectivity index (χ0) is 24.7. The van der Waals surface area contributed by atoms with Crippen LogP contribution in [0.25, 0.3) is 0 Å². The van der Waals surface area contributed by atoms with Crippen LogP contribution in [0.1, 0.15) is 53.3 Å². The Balaban J connectivity index is 1.45. The average Bonchev–Trinajstić information content (AvgIpc) is 3.50. The second kappa shape index (κ2) is 8.72. The van der Waals surface area contributed by atoms with Gasteiger partial charge in [0, 0.05) is 19.5 Å². The molecule has 3 aliphatic rings. The van der Waals surface area contributed by atoms with E-state index in [1.54, 1.807) is 41.3 Å². The first-order valence-electron chi connectivity index (χ1n) is 11.8. The molecule has 0 aliphatic carbocycles. The number of carbonyl (C=O) groups is 4. The number of fused-ring (bicyclic) bond motifs is 3. The highest BCUT2D eigenvalue weighted by molar-refractivity contribution is 6.11. The molecular weight excluding hydrogens is 448 g/mol. The van der Waals surface area contributed by atoms with E-state index >= 15 is 0 Å². The number of nitrogens with zero attached hydrogens (tertiary/aromatic N) is 3. The third-order valence-corrected chi connectivity index (χ3v) is 7.19.